The van der Waals surface area contributed by atoms with Crippen molar-refractivity contribution in [2.24, 2.45) is 5.92 Å². The standard InChI is InChI=1S/C16H18N2O2/c19-8-6-10-9-14-15-12(5-7-18(14)16(10)20)11-3-1-2-4-13(11)17-15/h1-4,10,14,17,19H,5-9H2. The molecule has 2 unspecified atom stereocenters. The van der Waals surface area contributed by atoms with Gasteiger partial charge in [0.25, 0.3) is 0 Å². The van der Waals surface area contributed by atoms with Gasteiger partial charge in [0.2, 0.25) is 5.91 Å². The third-order valence-corrected chi connectivity index (χ3v) is 4.78. The fraction of sp³-hybridized carbons (Fsp3) is 0.438. The molecule has 1 amide bonds. The van der Waals surface area contributed by atoms with Gasteiger partial charge >= 0.3 is 0 Å². The Morgan fingerprint density at radius 1 is 1.35 bits per heavy atom. The first-order valence-electron chi connectivity index (χ1n) is 7.30. The minimum Gasteiger partial charge on any atom is -0.396 e. The topological polar surface area (TPSA) is 56.3 Å². The van der Waals surface area contributed by atoms with Crippen molar-refractivity contribution >= 4 is 16.8 Å². The third-order valence-electron chi connectivity index (χ3n) is 4.78. The Labute approximate surface area is 117 Å². The van der Waals surface area contributed by atoms with Crippen LogP contribution in [-0.4, -0.2) is 34.0 Å². The number of H-pyrrole nitrogens is 1. The second kappa shape index (κ2) is 4.35. The quantitative estimate of drug-likeness (QED) is 0.877. The number of hydrogen-bond acceptors (Lipinski definition) is 2. The number of carbonyl (C=O) groups is 1. The molecular formula is C16H18N2O2. The van der Waals surface area contributed by atoms with Crippen molar-refractivity contribution < 1.29 is 9.90 Å². The number of aromatic amines is 1. The molecule has 2 aliphatic rings. The maximum absolute atomic E-state index is 12.4. The highest BCUT2D eigenvalue weighted by molar-refractivity contribution is 5.87. The molecule has 3 heterocycles. The molecule has 2 aliphatic heterocycles. The van der Waals surface area contributed by atoms with Crippen molar-refractivity contribution in [1.29, 1.82) is 0 Å². The van der Waals surface area contributed by atoms with Crippen molar-refractivity contribution in [3.63, 3.8) is 0 Å². The van der Waals surface area contributed by atoms with E-state index >= 15 is 0 Å². The summed E-state index contributed by atoms with van der Waals surface area (Å²) in [6, 6.07) is 8.53. The fourth-order valence-corrected chi connectivity index (χ4v) is 3.83. The number of nitrogens with one attached hydrogen (secondary N) is 1. The first kappa shape index (κ1) is 12.0. The molecule has 2 aromatic rings. The van der Waals surface area contributed by atoms with Gasteiger partial charge in [-0.25, -0.2) is 0 Å². The zero-order valence-corrected chi connectivity index (χ0v) is 11.3. The Hall–Kier alpha value is -1.81. The Balaban J connectivity index is 1.78. The number of aliphatic hydroxyl groups excluding tert-OH is 1. The minimum absolute atomic E-state index is 0.0117. The Bertz CT molecular complexity index is 676. The molecule has 1 saturated heterocycles. The normalized spacial score (nSPS) is 25.1. The summed E-state index contributed by atoms with van der Waals surface area (Å²) in [5.41, 5.74) is 3.75. The Kier molecular flexibility index (Phi) is 2.60. The highest BCUT2D eigenvalue weighted by atomic mass is 16.3. The van der Waals surface area contributed by atoms with E-state index in [4.69, 9.17) is 5.11 Å². The van der Waals surface area contributed by atoms with Crippen LogP contribution in [0, 0.1) is 5.92 Å². The van der Waals surface area contributed by atoms with Gasteiger partial charge in [0.1, 0.15) is 0 Å². The molecule has 0 aliphatic carbocycles. The number of rotatable bonds is 2. The summed E-state index contributed by atoms with van der Waals surface area (Å²) in [7, 11) is 0. The van der Waals surface area contributed by atoms with Crippen LogP contribution in [-0.2, 0) is 11.2 Å². The molecule has 2 N–H and O–H groups in total. The van der Waals surface area contributed by atoms with Gasteiger partial charge in [-0.15, -0.1) is 0 Å². The number of aliphatic hydroxyl groups is 1. The molecule has 104 valence electrons. The molecule has 0 radical (unpaired) electrons. The molecule has 1 aromatic heterocycles. The lowest BCUT2D eigenvalue weighted by Crippen LogP contribution is -2.35. The highest BCUT2D eigenvalue weighted by Crippen LogP contribution is 2.43. The van der Waals surface area contributed by atoms with Gasteiger partial charge in [-0.2, -0.15) is 0 Å². The van der Waals surface area contributed by atoms with Crippen molar-refractivity contribution in [3.8, 4) is 0 Å². The van der Waals surface area contributed by atoms with E-state index in [1.807, 2.05) is 11.0 Å². The maximum atomic E-state index is 12.4. The average molecular weight is 270 g/mol. The third kappa shape index (κ3) is 1.54. The molecule has 20 heavy (non-hydrogen) atoms. The van der Waals surface area contributed by atoms with Crippen LogP contribution in [0.25, 0.3) is 10.9 Å². The number of amides is 1. The number of hydrogen-bond donors (Lipinski definition) is 2. The molecule has 4 nitrogen and oxygen atoms in total. The van der Waals surface area contributed by atoms with E-state index in [9.17, 15) is 4.79 Å². The van der Waals surface area contributed by atoms with Crippen LogP contribution in [0.4, 0.5) is 0 Å². The van der Waals surface area contributed by atoms with E-state index in [0.717, 1.165) is 24.9 Å². The summed E-state index contributed by atoms with van der Waals surface area (Å²) in [4.78, 5) is 17.9. The number of nitrogens with zero attached hydrogens (tertiary/aromatic N) is 1. The van der Waals surface area contributed by atoms with Crippen LogP contribution in [0.3, 0.4) is 0 Å². The second-order valence-corrected chi connectivity index (χ2v) is 5.81. The fourth-order valence-electron chi connectivity index (χ4n) is 3.83. The first-order chi connectivity index (χ1) is 9.79. The van der Waals surface area contributed by atoms with E-state index in [2.05, 4.69) is 23.2 Å². The van der Waals surface area contributed by atoms with E-state index in [1.165, 1.54) is 16.6 Å². The van der Waals surface area contributed by atoms with Crippen LogP contribution in [0.1, 0.15) is 30.1 Å². The lowest BCUT2D eigenvalue weighted by atomic mass is 9.95. The number of para-hydroxylation sites is 1. The van der Waals surface area contributed by atoms with Crippen LogP contribution in [0.15, 0.2) is 24.3 Å². The molecule has 4 heteroatoms. The molecule has 4 rings (SSSR count). The van der Waals surface area contributed by atoms with E-state index in [0.29, 0.717) is 6.42 Å². The number of fused-ring (bicyclic) bond motifs is 5. The van der Waals surface area contributed by atoms with E-state index < -0.39 is 0 Å². The van der Waals surface area contributed by atoms with Crippen LogP contribution >= 0.6 is 0 Å². The largest absolute Gasteiger partial charge is 0.396 e. The molecule has 0 saturated carbocycles. The lowest BCUT2D eigenvalue weighted by molar-refractivity contribution is -0.132. The molecule has 0 bridgehead atoms. The summed E-state index contributed by atoms with van der Waals surface area (Å²) in [5, 5.41) is 10.4. The number of aromatic nitrogens is 1. The molecule has 0 spiro atoms. The summed E-state index contributed by atoms with van der Waals surface area (Å²) >= 11 is 0. The Morgan fingerprint density at radius 3 is 3.05 bits per heavy atom. The van der Waals surface area contributed by atoms with E-state index in [1.54, 1.807) is 0 Å². The van der Waals surface area contributed by atoms with Crippen molar-refractivity contribution in [1.82, 2.24) is 9.88 Å². The van der Waals surface area contributed by atoms with Gasteiger partial charge in [-0.3, -0.25) is 4.79 Å². The van der Waals surface area contributed by atoms with Gasteiger partial charge in [0.15, 0.2) is 0 Å². The highest BCUT2D eigenvalue weighted by Gasteiger charge is 2.43. The van der Waals surface area contributed by atoms with Crippen molar-refractivity contribution in [2.45, 2.75) is 25.3 Å². The number of benzene rings is 1. The zero-order valence-electron chi connectivity index (χ0n) is 11.3. The van der Waals surface area contributed by atoms with Crippen molar-refractivity contribution in [3.05, 3.63) is 35.5 Å². The molecular weight excluding hydrogens is 252 g/mol. The molecule has 2 atom stereocenters. The average Bonchev–Trinajstić information content (AvgIpc) is 2.99. The van der Waals surface area contributed by atoms with Crippen LogP contribution < -0.4 is 0 Å². The van der Waals surface area contributed by atoms with Crippen LogP contribution in [0.5, 0.6) is 0 Å². The molecule has 1 fully saturated rings. The van der Waals surface area contributed by atoms with Crippen LogP contribution in [0.2, 0.25) is 0 Å². The lowest BCUT2D eigenvalue weighted by Gasteiger charge is -2.29. The van der Waals surface area contributed by atoms with Gasteiger partial charge in [0, 0.05) is 35.7 Å². The summed E-state index contributed by atoms with van der Waals surface area (Å²) < 4.78 is 0. The smallest absolute Gasteiger partial charge is 0.226 e. The summed E-state index contributed by atoms with van der Waals surface area (Å²) in [6.07, 6.45) is 2.34. The molecule has 1 aromatic carbocycles. The predicted octanol–water partition coefficient (Wildman–Crippen LogP) is 2.00. The van der Waals surface area contributed by atoms with Gasteiger partial charge in [-0.05, 0) is 30.9 Å². The zero-order chi connectivity index (χ0) is 13.7. The minimum atomic E-state index is -0.0117. The van der Waals surface area contributed by atoms with E-state index in [-0.39, 0.29) is 24.5 Å². The second-order valence-electron chi connectivity index (χ2n) is 5.81. The number of carbonyl (C=O) groups excluding carboxylic acids is 1. The van der Waals surface area contributed by atoms with Gasteiger partial charge in [0.05, 0.1) is 6.04 Å². The monoisotopic (exact) mass is 270 g/mol. The van der Waals surface area contributed by atoms with Crippen molar-refractivity contribution in [2.75, 3.05) is 13.2 Å². The Morgan fingerprint density at radius 2 is 2.20 bits per heavy atom. The maximum Gasteiger partial charge on any atom is 0.226 e. The predicted molar refractivity (Wildman–Crippen MR) is 76.3 cm³/mol. The first-order valence-corrected chi connectivity index (χ1v) is 7.30. The summed E-state index contributed by atoms with van der Waals surface area (Å²) in [5.74, 6) is 0.204. The summed E-state index contributed by atoms with van der Waals surface area (Å²) in [6.45, 7) is 0.900. The van der Waals surface area contributed by atoms with Gasteiger partial charge in [-0.1, -0.05) is 18.2 Å². The SMILES string of the molecule is O=C1C(CCO)CC2c3[nH]c4ccccc4c3CCN12. The van der Waals surface area contributed by atoms with Gasteiger partial charge < -0.3 is 15.0 Å².